The maximum atomic E-state index is 7.00. The van der Waals surface area contributed by atoms with E-state index in [1.807, 2.05) is 0 Å². The molecule has 0 aromatic rings. The van der Waals surface area contributed by atoms with Crippen molar-refractivity contribution in [2.45, 2.75) is 117 Å². The van der Waals surface area contributed by atoms with E-state index in [1.165, 1.54) is 103 Å². The van der Waals surface area contributed by atoms with Crippen molar-refractivity contribution >= 4 is 7.69 Å². The van der Waals surface area contributed by atoms with Crippen LogP contribution in [0.15, 0.2) is 0 Å². The fourth-order valence-corrected chi connectivity index (χ4v) is 2.62. The SMILES string of the molecule is CCCCCCCCCCCCCCCCCC.O[B]O. The zero-order chi connectivity index (χ0) is 16.0. The fourth-order valence-electron chi connectivity index (χ4n) is 2.62. The zero-order valence-electron chi connectivity index (χ0n) is 14.8. The van der Waals surface area contributed by atoms with Gasteiger partial charge in [0.1, 0.15) is 0 Å². The molecule has 127 valence electrons. The van der Waals surface area contributed by atoms with E-state index in [1.54, 1.807) is 0 Å². The van der Waals surface area contributed by atoms with Crippen molar-refractivity contribution in [1.29, 1.82) is 0 Å². The molecule has 2 nitrogen and oxygen atoms in total. The zero-order valence-corrected chi connectivity index (χ0v) is 14.8. The fraction of sp³-hybridized carbons (Fsp3) is 1.00. The summed E-state index contributed by atoms with van der Waals surface area (Å²) in [5.41, 5.74) is 0. The molecular weight excluding hydrogens is 259 g/mol. The van der Waals surface area contributed by atoms with Crippen LogP contribution in [0.3, 0.4) is 0 Å². The molecule has 0 atom stereocenters. The monoisotopic (exact) mass is 299 g/mol. The van der Waals surface area contributed by atoms with E-state index in [0.29, 0.717) is 0 Å². The minimum absolute atomic E-state index is 0. The standard InChI is InChI=1S/C18H38.BH2O2/c1-3-5-7-9-11-13-15-17-18-16-14-12-10-8-6-4-2;2-1-3/h3-18H2,1-2H3;2-3H. The van der Waals surface area contributed by atoms with Crippen LogP contribution in [0.5, 0.6) is 0 Å². The van der Waals surface area contributed by atoms with Crippen molar-refractivity contribution < 1.29 is 10.0 Å². The third kappa shape index (κ3) is 28.8. The van der Waals surface area contributed by atoms with E-state index >= 15 is 0 Å². The molecule has 0 spiro atoms. The first-order valence-electron chi connectivity index (χ1n) is 9.43. The average molecular weight is 299 g/mol. The maximum absolute atomic E-state index is 7.00. The number of unbranched alkanes of at least 4 members (excludes halogenated alkanes) is 15. The summed E-state index contributed by atoms with van der Waals surface area (Å²) in [6, 6.07) is 0. The lowest BCUT2D eigenvalue weighted by Crippen LogP contribution is -1.83. The summed E-state index contributed by atoms with van der Waals surface area (Å²) in [6.45, 7) is 4.59. The Bertz CT molecular complexity index is 138. The molecule has 0 unspecified atom stereocenters. The molecule has 0 bridgehead atoms. The number of hydrogen-bond donors (Lipinski definition) is 2. The topological polar surface area (TPSA) is 40.5 Å². The van der Waals surface area contributed by atoms with Gasteiger partial charge in [-0.25, -0.2) is 0 Å². The highest BCUT2D eigenvalue weighted by Gasteiger charge is 1.93. The van der Waals surface area contributed by atoms with Crippen LogP contribution in [-0.4, -0.2) is 17.7 Å². The first kappa shape index (κ1) is 23.3. The Labute approximate surface area is 135 Å². The second kappa shape index (κ2) is 25.0. The van der Waals surface area contributed by atoms with Gasteiger partial charge in [-0.3, -0.25) is 0 Å². The molecule has 0 aromatic heterocycles. The summed E-state index contributed by atoms with van der Waals surface area (Å²) in [4.78, 5) is 0. The summed E-state index contributed by atoms with van der Waals surface area (Å²) in [5, 5.41) is 14.0. The predicted octanol–water partition coefficient (Wildman–Crippen LogP) is 5.77. The van der Waals surface area contributed by atoms with E-state index in [0.717, 1.165) is 0 Å². The lowest BCUT2D eigenvalue weighted by atomic mass is 10.0. The van der Waals surface area contributed by atoms with E-state index in [9.17, 15) is 0 Å². The van der Waals surface area contributed by atoms with Crippen LogP contribution < -0.4 is 0 Å². The van der Waals surface area contributed by atoms with Crippen LogP contribution in [0.25, 0.3) is 0 Å². The molecule has 0 amide bonds. The highest BCUT2D eigenvalue weighted by molar-refractivity contribution is 6.13. The molecule has 0 saturated heterocycles. The lowest BCUT2D eigenvalue weighted by Gasteiger charge is -2.03. The van der Waals surface area contributed by atoms with Gasteiger partial charge in [0.05, 0.1) is 0 Å². The summed E-state index contributed by atoms with van der Waals surface area (Å²) in [6.07, 6.45) is 23.4. The van der Waals surface area contributed by atoms with Crippen LogP contribution in [0.4, 0.5) is 0 Å². The summed E-state index contributed by atoms with van der Waals surface area (Å²) in [5.74, 6) is 0. The molecule has 1 radical (unpaired) electrons. The van der Waals surface area contributed by atoms with E-state index in [4.69, 9.17) is 10.0 Å². The van der Waals surface area contributed by atoms with Crippen LogP contribution in [-0.2, 0) is 0 Å². The van der Waals surface area contributed by atoms with Gasteiger partial charge >= 0.3 is 7.69 Å². The van der Waals surface area contributed by atoms with Crippen molar-refractivity contribution in [3.8, 4) is 0 Å². The molecule has 0 aliphatic rings. The van der Waals surface area contributed by atoms with Gasteiger partial charge in [0.15, 0.2) is 0 Å². The lowest BCUT2D eigenvalue weighted by molar-refractivity contribution is 0.448. The normalized spacial score (nSPS) is 10.1. The van der Waals surface area contributed by atoms with E-state index in [-0.39, 0.29) is 7.69 Å². The van der Waals surface area contributed by atoms with Gasteiger partial charge in [0.2, 0.25) is 0 Å². The smallest absolute Gasteiger partial charge is 0.429 e. The number of rotatable bonds is 15. The van der Waals surface area contributed by atoms with Crippen LogP contribution in [0.2, 0.25) is 0 Å². The molecule has 0 fully saturated rings. The molecule has 0 rings (SSSR count). The molecule has 3 heteroatoms. The highest BCUT2D eigenvalue weighted by Crippen LogP contribution is 2.13. The second-order valence-corrected chi connectivity index (χ2v) is 6.07. The van der Waals surface area contributed by atoms with Gasteiger partial charge in [-0.15, -0.1) is 0 Å². The van der Waals surface area contributed by atoms with Crippen molar-refractivity contribution in [3.05, 3.63) is 0 Å². The first-order valence-corrected chi connectivity index (χ1v) is 9.43. The second-order valence-electron chi connectivity index (χ2n) is 6.07. The van der Waals surface area contributed by atoms with Gasteiger partial charge in [0, 0.05) is 0 Å². The van der Waals surface area contributed by atoms with Crippen molar-refractivity contribution in [2.75, 3.05) is 0 Å². The molecule has 0 aliphatic heterocycles. The molecule has 21 heavy (non-hydrogen) atoms. The molecule has 0 aliphatic carbocycles. The van der Waals surface area contributed by atoms with Crippen LogP contribution in [0.1, 0.15) is 117 Å². The Morgan fingerprint density at radius 1 is 0.429 bits per heavy atom. The Balaban J connectivity index is 0. The third-order valence-corrected chi connectivity index (χ3v) is 3.96. The first-order chi connectivity index (χ1) is 10.3. The molecule has 0 heterocycles. The third-order valence-electron chi connectivity index (χ3n) is 3.96. The van der Waals surface area contributed by atoms with E-state index < -0.39 is 0 Å². The van der Waals surface area contributed by atoms with Crippen molar-refractivity contribution in [1.82, 2.24) is 0 Å². The highest BCUT2D eigenvalue weighted by atomic mass is 16.4. The summed E-state index contributed by atoms with van der Waals surface area (Å²) < 4.78 is 0. The van der Waals surface area contributed by atoms with Gasteiger partial charge in [-0.2, -0.15) is 0 Å². The molecule has 0 aromatic carbocycles. The summed E-state index contributed by atoms with van der Waals surface area (Å²) in [7, 11) is 0. The maximum Gasteiger partial charge on any atom is 0.482 e. The van der Waals surface area contributed by atoms with Crippen LogP contribution in [0, 0.1) is 0 Å². The summed E-state index contributed by atoms with van der Waals surface area (Å²) >= 11 is 0. The largest absolute Gasteiger partial charge is 0.482 e. The Hall–Kier alpha value is -0.0151. The predicted molar refractivity (Wildman–Crippen MR) is 95.4 cm³/mol. The van der Waals surface area contributed by atoms with Gasteiger partial charge in [-0.05, 0) is 0 Å². The van der Waals surface area contributed by atoms with Crippen molar-refractivity contribution in [2.24, 2.45) is 0 Å². The van der Waals surface area contributed by atoms with Crippen LogP contribution >= 0.6 is 0 Å². The molecule has 2 N–H and O–H groups in total. The van der Waals surface area contributed by atoms with Gasteiger partial charge in [-0.1, -0.05) is 117 Å². The molecule has 0 saturated carbocycles. The minimum atomic E-state index is 0. The number of hydrogen-bond acceptors (Lipinski definition) is 2. The van der Waals surface area contributed by atoms with Crippen molar-refractivity contribution in [3.63, 3.8) is 0 Å². The molecular formula is C18H40BO2. The average Bonchev–Trinajstić information content (AvgIpc) is 2.48. The Morgan fingerprint density at radius 3 is 0.714 bits per heavy atom. The Kier molecular flexibility index (Phi) is 27.6. The minimum Gasteiger partial charge on any atom is -0.429 e. The van der Waals surface area contributed by atoms with E-state index in [2.05, 4.69) is 13.8 Å². The van der Waals surface area contributed by atoms with Gasteiger partial charge in [0.25, 0.3) is 0 Å². The Morgan fingerprint density at radius 2 is 0.571 bits per heavy atom. The quantitative estimate of drug-likeness (QED) is 0.297. The van der Waals surface area contributed by atoms with Gasteiger partial charge < -0.3 is 10.0 Å².